The van der Waals surface area contributed by atoms with Crippen LogP contribution in [-0.2, 0) is 9.59 Å². The maximum absolute atomic E-state index is 12.0. The van der Waals surface area contributed by atoms with E-state index < -0.39 is 5.41 Å². The molecule has 1 rings (SSSR count). The summed E-state index contributed by atoms with van der Waals surface area (Å²) in [5, 5.41) is 5.95. The lowest BCUT2D eigenvalue weighted by Crippen LogP contribution is -2.28. The summed E-state index contributed by atoms with van der Waals surface area (Å²) in [6.07, 6.45) is 0.208. The van der Waals surface area contributed by atoms with Gasteiger partial charge in [0.05, 0.1) is 11.4 Å². The Morgan fingerprint density at radius 2 is 1.85 bits per heavy atom. The van der Waals surface area contributed by atoms with Crippen molar-refractivity contribution in [2.75, 3.05) is 17.2 Å². The van der Waals surface area contributed by atoms with E-state index in [4.69, 9.17) is 17.3 Å². The SMILES string of the molecule is CC(C)(C)C(=O)Nc1ccc(Cl)cc1NC(=O)CCN. The fourth-order valence-electron chi connectivity index (χ4n) is 1.38. The third-order valence-corrected chi connectivity index (χ3v) is 2.79. The largest absolute Gasteiger partial charge is 0.330 e. The van der Waals surface area contributed by atoms with Crippen molar-refractivity contribution in [2.45, 2.75) is 27.2 Å². The van der Waals surface area contributed by atoms with Crippen molar-refractivity contribution in [2.24, 2.45) is 11.1 Å². The van der Waals surface area contributed by atoms with Gasteiger partial charge in [-0.15, -0.1) is 0 Å². The van der Waals surface area contributed by atoms with E-state index in [0.29, 0.717) is 16.4 Å². The third-order valence-electron chi connectivity index (χ3n) is 2.56. The molecule has 0 aromatic heterocycles. The number of carbonyl (C=O) groups excluding carboxylic acids is 2. The molecule has 0 spiro atoms. The zero-order valence-corrected chi connectivity index (χ0v) is 12.7. The van der Waals surface area contributed by atoms with Crippen LogP contribution in [0.5, 0.6) is 0 Å². The average Bonchev–Trinajstić information content (AvgIpc) is 2.31. The van der Waals surface area contributed by atoms with Crippen molar-refractivity contribution in [3.05, 3.63) is 23.2 Å². The first kappa shape index (κ1) is 16.5. The lowest BCUT2D eigenvalue weighted by atomic mass is 9.95. The first-order valence-electron chi connectivity index (χ1n) is 6.35. The van der Waals surface area contributed by atoms with E-state index in [1.54, 1.807) is 18.2 Å². The van der Waals surface area contributed by atoms with Gasteiger partial charge in [-0.05, 0) is 18.2 Å². The summed E-state index contributed by atoms with van der Waals surface area (Å²) in [4.78, 5) is 23.6. The minimum atomic E-state index is -0.530. The Labute approximate surface area is 123 Å². The normalized spacial score (nSPS) is 11.1. The molecule has 0 heterocycles. The second-order valence-electron chi connectivity index (χ2n) is 5.48. The van der Waals surface area contributed by atoms with Gasteiger partial charge in [-0.3, -0.25) is 9.59 Å². The topological polar surface area (TPSA) is 84.2 Å². The number of nitrogens with two attached hydrogens (primary N) is 1. The van der Waals surface area contributed by atoms with Crippen LogP contribution in [0.1, 0.15) is 27.2 Å². The van der Waals surface area contributed by atoms with Gasteiger partial charge < -0.3 is 16.4 Å². The molecule has 0 atom stereocenters. The summed E-state index contributed by atoms with van der Waals surface area (Å²) in [5.41, 5.74) is 5.78. The maximum Gasteiger partial charge on any atom is 0.229 e. The molecule has 1 aromatic rings. The van der Waals surface area contributed by atoms with Gasteiger partial charge in [0.15, 0.2) is 0 Å². The van der Waals surface area contributed by atoms with E-state index in [2.05, 4.69) is 10.6 Å². The molecule has 0 aliphatic carbocycles. The van der Waals surface area contributed by atoms with E-state index in [1.165, 1.54) is 0 Å². The molecule has 0 bridgehead atoms. The van der Waals surface area contributed by atoms with Crippen molar-refractivity contribution < 1.29 is 9.59 Å². The Hall–Kier alpha value is -1.59. The molecule has 0 unspecified atom stereocenters. The first-order chi connectivity index (χ1) is 9.24. The number of halogens is 1. The number of benzene rings is 1. The van der Waals surface area contributed by atoms with E-state index in [9.17, 15) is 9.59 Å². The van der Waals surface area contributed by atoms with Crippen molar-refractivity contribution in [1.29, 1.82) is 0 Å². The van der Waals surface area contributed by atoms with Crippen LogP contribution >= 0.6 is 11.6 Å². The van der Waals surface area contributed by atoms with Crippen LogP contribution in [0.3, 0.4) is 0 Å². The number of carbonyl (C=O) groups is 2. The maximum atomic E-state index is 12.0. The Morgan fingerprint density at radius 3 is 2.40 bits per heavy atom. The predicted molar refractivity (Wildman–Crippen MR) is 81.8 cm³/mol. The van der Waals surface area contributed by atoms with Gasteiger partial charge in [0, 0.05) is 23.4 Å². The summed E-state index contributed by atoms with van der Waals surface area (Å²) < 4.78 is 0. The van der Waals surface area contributed by atoms with E-state index in [-0.39, 0.29) is 24.8 Å². The minimum Gasteiger partial charge on any atom is -0.330 e. The molecule has 1 aromatic carbocycles. The van der Waals surface area contributed by atoms with Crippen molar-refractivity contribution in [3.63, 3.8) is 0 Å². The van der Waals surface area contributed by atoms with Crippen LogP contribution in [0.25, 0.3) is 0 Å². The lowest BCUT2D eigenvalue weighted by Gasteiger charge is -2.19. The fraction of sp³-hybridized carbons (Fsp3) is 0.429. The molecule has 0 fully saturated rings. The number of amides is 2. The highest BCUT2D eigenvalue weighted by molar-refractivity contribution is 6.31. The number of hydrogen-bond donors (Lipinski definition) is 3. The summed E-state index contributed by atoms with van der Waals surface area (Å²) in [5.74, 6) is -0.366. The molecule has 5 nitrogen and oxygen atoms in total. The second kappa shape index (κ2) is 6.72. The highest BCUT2D eigenvalue weighted by Gasteiger charge is 2.22. The van der Waals surface area contributed by atoms with Gasteiger partial charge in [0.1, 0.15) is 0 Å². The third kappa shape index (κ3) is 4.83. The lowest BCUT2D eigenvalue weighted by molar-refractivity contribution is -0.123. The molecule has 4 N–H and O–H groups in total. The van der Waals surface area contributed by atoms with Gasteiger partial charge in [-0.2, -0.15) is 0 Å². The van der Waals surface area contributed by atoms with Gasteiger partial charge in [-0.25, -0.2) is 0 Å². The van der Waals surface area contributed by atoms with Gasteiger partial charge >= 0.3 is 0 Å². The number of anilines is 2. The number of nitrogens with one attached hydrogen (secondary N) is 2. The highest BCUT2D eigenvalue weighted by Crippen LogP contribution is 2.27. The number of hydrogen-bond acceptors (Lipinski definition) is 3. The standard InChI is InChI=1S/C14H20ClN3O2/c1-14(2,3)13(20)18-10-5-4-9(15)8-11(10)17-12(19)6-7-16/h4-5,8H,6-7,16H2,1-3H3,(H,17,19)(H,18,20). The Morgan fingerprint density at radius 1 is 1.20 bits per heavy atom. The fourth-order valence-corrected chi connectivity index (χ4v) is 1.55. The molecule has 0 radical (unpaired) electrons. The molecule has 0 aliphatic heterocycles. The van der Waals surface area contributed by atoms with Crippen LogP contribution in [-0.4, -0.2) is 18.4 Å². The van der Waals surface area contributed by atoms with Crippen molar-refractivity contribution in [3.8, 4) is 0 Å². The second-order valence-corrected chi connectivity index (χ2v) is 5.92. The molecule has 110 valence electrons. The predicted octanol–water partition coefficient (Wildman–Crippen LogP) is 2.61. The Bertz CT molecular complexity index is 510. The summed E-state index contributed by atoms with van der Waals surface area (Å²) in [6, 6.07) is 4.90. The molecule has 0 saturated carbocycles. The highest BCUT2D eigenvalue weighted by atomic mass is 35.5. The molecule has 0 aliphatic rings. The smallest absolute Gasteiger partial charge is 0.229 e. The Kier molecular flexibility index (Phi) is 5.53. The Balaban J connectivity index is 2.96. The monoisotopic (exact) mass is 297 g/mol. The summed E-state index contributed by atoms with van der Waals surface area (Å²) in [7, 11) is 0. The van der Waals surface area contributed by atoms with Crippen LogP contribution in [0.4, 0.5) is 11.4 Å². The molecule has 20 heavy (non-hydrogen) atoms. The van der Waals surface area contributed by atoms with Crippen molar-refractivity contribution in [1.82, 2.24) is 0 Å². The van der Waals surface area contributed by atoms with Crippen LogP contribution in [0.2, 0.25) is 5.02 Å². The van der Waals surface area contributed by atoms with E-state index in [1.807, 2.05) is 20.8 Å². The molecular weight excluding hydrogens is 278 g/mol. The molecule has 0 saturated heterocycles. The summed E-state index contributed by atoms with van der Waals surface area (Å²) in [6.45, 7) is 5.69. The van der Waals surface area contributed by atoms with Gasteiger partial charge in [0.2, 0.25) is 11.8 Å². The zero-order valence-electron chi connectivity index (χ0n) is 11.9. The van der Waals surface area contributed by atoms with Crippen molar-refractivity contribution >= 4 is 34.8 Å². The van der Waals surface area contributed by atoms with E-state index >= 15 is 0 Å². The quantitative estimate of drug-likeness (QED) is 0.798. The first-order valence-corrected chi connectivity index (χ1v) is 6.73. The van der Waals surface area contributed by atoms with Crippen LogP contribution in [0.15, 0.2) is 18.2 Å². The van der Waals surface area contributed by atoms with Crippen LogP contribution in [0, 0.1) is 5.41 Å². The minimum absolute atomic E-state index is 0.144. The van der Waals surface area contributed by atoms with Gasteiger partial charge in [-0.1, -0.05) is 32.4 Å². The van der Waals surface area contributed by atoms with Gasteiger partial charge in [0.25, 0.3) is 0 Å². The molecule has 2 amide bonds. The number of rotatable bonds is 4. The van der Waals surface area contributed by atoms with Crippen LogP contribution < -0.4 is 16.4 Å². The molecule has 6 heteroatoms. The van der Waals surface area contributed by atoms with E-state index in [0.717, 1.165) is 0 Å². The average molecular weight is 298 g/mol. The zero-order chi connectivity index (χ0) is 15.3. The summed E-state index contributed by atoms with van der Waals surface area (Å²) >= 11 is 5.92. The molecular formula is C14H20ClN3O2.